The number of nitrogens with zero attached hydrogens (tertiary/aromatic N) is 2. The molecule has 3 N–H and O–H groups in total. The Balaban J connectivity index is 1.34. The number of benzene rings is 1. The van der Waals surface area contributed by atoms with E-state index in [1.165, 1.54) is 10.4 Å². The van der Waals surface area contributed by atoms with E-state index in [0.29, 0.717) is 25.2 Å². The van der Waals surface area contributed by atoms with Gasteiger partial charge in [-0.25, -0.2) is 0 Å². The molecule has 1 aromatic heterocycles. The van der Waals surface area contributed by atoms with Gasteiger partial charge >= 0.3 is 0 Å². The first-order valence-electron chi connectivity index (χ1n) is 9.28. The minimum atomic E-state index is 0.169. The molecule has 26 heavy (non-hydrogen) atoms. The number of nitrogens with one attached hydrogen (secondary N) is 1. The predicted molar refractivity (Wildman–Crippen MR) is 107 cm³/mol. The molecule has 0 bridgehead atoms. The molecule has 2 atom stereocenters. The molecule has 138 valence electrons. The molecular weight excluding hydrogens is 344 g/mol. The van der Waals surface area contributed by atoms with Gasteiger partial charge in [0.25, 0.3) is 0 Å². The van der Waals surface area contributed by atoms with E-state index in [1.807, 2.05) is 29.5 Å². The van der Waals surface area contributed by atoms with Gasteiger partial charge in [0, 0.05) is 36.0 Å². The van der Waals surface area contributed by atoms with Crippen molar-refractivity contribution in [1.29, 1.82) is 0 Å². The van der Waals surface area contributed by atoms with Crippen molar-refractivity contribution in [3.05, 3.63) is 51.7 Å². The minimum absolute atomic E-state index is 0.169. The van der Waals surface area contributed by atoms with E-state index < -0.39 is 0 Å². The van der Waals surface area contributed by atoms with Crippen LogP contribution in [-0.4, -0.2) is 36.6 Å². The van der Waals surface area contributed by atoms with Crippen LogP contribution in [0.2, 0.25) is 0 Å². The second-order valence-electron chi connectivity index (χ2n) is 7.04. The summed E-state index contributed by atoms with van der Waals surface area (Å²) < 4.78 is 5.71. The number of nitrogens with two attached hydrogens (primary N) is 1. The fourth-order valence-corrected chi connectivity index (χ4v) is 4.60. The van der Waals surface area contributed by atoms with Crippen LogP contribution in [0.25, 0.3) is 0 Å². The largest absolute Gasteiger partial charge is 0.493 e. The third kappa shape index (κ3) is 3.71. The second-order valence-corrected chi connectivity index (χ2v) is 8.04. The standard InChI is InChI=1S/C20H26N4OS/c1-14(24-9-6-19-15(13-24)8-11-26-19)12-22-20(21)23-17-7-10-25-18-5-3-2-4-16(17)18/h2-5,8,11,14,17H,6-7,9-10,12-13H2,1H3,(H3,21,22,23). The molecule has 0 spiro atoms. The predicted octanol–water partition coefficient (Wildman–Crippen LogP) is 2.92. The Labute approximate surface area is 158 Å². The minimum Gasteiger partial charge on any atom is -0.493 e. The summed E-state index contributed by atoms with van der Waals surface area (Å²) >= 11 is 1.88. The molecule has 0 aliphatic carbocycles. The van der Waals surface area contributed by atoms with E-state index >= 15 is 0 Å². The lowest BCUT2D eigenvalue weighted by atomic mass is 10.0. The lowest BCUT2D eigenvalue weighted by molar-refractivity contribution is 0.197. The highest BCUT2D eigenvalue weighted by Gasteiger charge is 2.23. The summed E-state index contributed by atoms with van der Waals surface area (Å²) in [5.41, 5.74) is 8.81. The maximum absolute atomic E-state index is 6.18. The number of ether oxygens (including phenoxy) is 1. The molecule has 3 heterocycles. The van der Waals surface area contributed by atoms with Gasteiger partial charge in [-0.3, -0.25) is 9.89 Å². The monoisotopic (exact) mass is 370 g/mol. The Kier molecular flexibility index (Phi) is 5.13. The number of para-hydroxylation sites is 1. The van der Waals surface area contributed by atoms with E-state index in [1.54, 1.807) is 0 Å². The summed E-state index contributed by atoms with van der Waals surface area (Å²) in [5.74, 6) is 1.46. The van der Waals surface area contributed by atoms with Gasteiger partial charge in [0.15, 0.2) is 5.96 Å². The van der Waals surface area contributed by atoms with Gasteiger partial charge in [0.05, 0.1) is 19.2 Å². The summed E-state index contributed by atoms with van der Waals surface area (Å²) in [6.07, 6.45) is 2.05. The first-order valence-corrected chi connectivity index (χ1v) is 10.2. The van der Waals surface area contributed by atoms with Crippen LogP contribution in [0, 0.1) is 0 Å². The Bertz CT molecular complexity index is 788. The van der Waals surface area contributed by atoms with Crippen LogP contribution in [0.1, 0.15) is 35.4 Å². The number of aliphatic imine (C=N–C) groups is 1. The highest BCUT2D eigenvalue weighted by atomic mass is 32.1. The summed E-state index contributed by atoms with van der Waals surface area (Å²) in [4.78, 5) is 8.65. The molecule has 2 aliphatic heterocycles. The van der Waals surface area contributed by atoms with Crippen molar-refractivity contribution in [3.63, 3.8) is 0 Å². The zero-order valence-corrected chi connectivity index (χ0v) is 16.0. The van der Waals surface area contributed by atoms with Crippen molar-refractivity contribution in [2.75, 3.05) is 19.7 Å². The van der Waals surface area contributed by atoms with Gasteiger partial charge in [0.2, 0.25) is 0 Å². The summed E-state index contributed by atoms with van der Waals surface area (Å²) in [7, 11) is 0. The summed E-state index contributed by atoms with van der Waals surface area (Å²) in [5, 5.41) is 5.57. The molecular formula is C20H26N4OS. The topological polar surface area (TPSA) is 62.9 Å². The number of thiophene rings is 1. The highest BCUT2D eigenvalue weighted by Crippen LogP contribution is 2.31. The average Bonchev–Trinajstić information content (AvgIpc) is 3.14. The molecule has 0 saturated carbocycles. The molecule has 6 heteroatoms. The highest BCUT2D eigenvalue weighted by molar-refractivity contribution is 7.10. The third-order valence-electron chi connectivity index (χ3n) is 5.27. The van der Waals surface area contributed by atoms with Gasteiger partial charge in [-0.05, 0) is 36.4 Å². The lowest BCUT2D eigenvalue weighted by Crippen LogP contribution is -2.41. The van der Waals surface area contributed by atoms with Gasteiger partial charge in [-0.2, -0.15) is 0 Å². The second kappa shape index (κ2) is 7.68. The Morgan fingerprint density at radius 1 is 1.42 bits per heavy atom. The molecule has 5 nitrogen and oxygen atoms in total. The molecule has 2 aromatic rings. The van der Waals surface area contributed by atoms with Crippen LogP contribution < -0.4 is 15.8 Å². The Morgan fingerprint density at radius 2 is 2.31 bits per heavy atom. The maximum Gasteiger partial charge on any atom is 0.189 e. The van der Waals surface area contributed by atoms with Crippen molar-refractivity contribution in [2.24, 2.45) is 10.7 Å². The Hall–Kier alpha value is -2.05. The van der Waals surface area contributed by atoms with Crippen molar-refractivity contribution in [3.8, 4) is 5.75 Å². The first kappa shape index (κ1) is 17.4. The molecule has 0 amide bonds. The molecule has 0 fully saturated rings. The van der Waals surface area contributed by atoms with Crippen molar-refractivity contribution < 1.29 is 4.74 Å². The number of hydrogen-bond donors (Lipinski definition) is 2. The van der Waals surface area contributed by atoms with Crippen molar-refractivity contribution in [1.82, 2.24) is 10.2 Å². The molecule has 0 radical (unpaired) electrons. The summed E-state index contributed by atoms with van der Waals surface area (Å²) in [6.45, 7) is 5.78. The van der Waals surface area contributed by atoms with Crippen molar-refractivity contribution >= 4 is 17.3 Å². The van der Waals surface area contributed by atoms with Crippen LogP contribution in [0.3, 0.4) is 0 Å². The lowest BCUT2D eigenvalue weighted by Gasteiger charge is -2.31. The van der Waals surface area contributed by atoms with E-state index in [0.717, 1.165) is 37.2 Å². The smallest absolute Gasteiger partial charge is 0.189 e. The van der Waals surface area contributed by atoms with Gasteiger partial charge < -0.3 is 15.8 Å². The molecule has 2 aliphatic rings. The van der Waals surface area contributed by atoms with E-state index in [-0.39, 0.29) is 6.04 Å². The van der Waals surface area contributed by atoms with E-state index in [4.69, 9.17) is 10.5 Å². The SMILES string of the molecule is CC(CN=C(N)NC1CCOc2ccccc21)N1CCc2sccc2C1. The molecule has 4 rings (SSSR count). The third-order valence-corrected chi connectivity index (χ3v) is 6.29. The van der Waals surface area contributed by atoms with Crippen LogP contribution in [0.4, 0.5) is 0 Å². The molecule has 1 aromatic carbocycles. The van der Waals surface area contributed by atoms with Crippen LogP contribution in [0.15, 0.2) is 40.7 Å². The number of guanidine groups is 1. The molecule has 2 unspecified atom stereocenters. The molecule has 0 saturated heterocycles. The van der Waals surface area contributed by atoms with Crippen LogP contribution >= 0.6 is 11.3 Å². The van der Waals surface area contributed by atoms with Gasteiger partial charge in [-0.15, -0.1) is 11.3 Å². The fourth-order valence-electron chi connectivity index (χ4n) is 3.71. The summed E-state index contributed by atoms with van der Waals surface area (Å²) in [6, 6.07) is 10.9. The van der Waals surface area contributed by atoms with Gasteiger partial charge in [0.1, 0.15) is 5.75 Å². The first-order chi connectivity index (χ1) is 12.7. The number of hydrogen-bond acceptors (Lipinski definition) is 4. The normalized spacial score (nSPS) is 21.4. The zero-order chi connectivity index (χ0) is 17.9. The quantitative estimate of drug-likeness (QED) is 0.642. The number of fused-ring (bicyclic) bond motifs is 2. The van der Waals surface area contributed by atoms with Gasteiger partial charge in [-0.1, -0.05) is 18.2 Å². The average molecular weight is 371 g/mol. The fraction of sp³-hybridized carbons (Fsp3) is 0.450. The zero-order valence-electron chi connectivity index (χ0n) is 15.1. The number of rotatable bonds is 4. The van der Waals surface area contributed by atoms with E-state index in [9.17, 15) is 0 Å². The van der Waals surface area contributed by atoms with Crippen LogP contribution in [-0.2, 0) is 13.0 Å². The Morgan fingerprint density at radius 3 is 3.23 bits per heavy atom. The van der Waals surface area contributed by atoms with E-state index in [2.05, 4.69) is 39.6 Å². The van der Waals surface area contributed by atoms with Crippen LogP contribution in [0.5, 0.6) is 5.75 Å². The van der Waals surface area contributed by atoms with Crippen molar-refractivity contribution in [2.45, 2.75) is 38.4 Å². The maximum atomic E-state index is 6.18.